The lowest BCUT2D eigenvalue weighted by atomic mass is 10.2. The molecule has 0 aliphatic carbocycles. The van der Waals surface area contributed by atoms with Crippen LogP contribution in [-0.4, -0.2) is 15.9 Å². The second kappa shape index (κ2) is 5.54. The Bertz CT molecular complexity index is 558. The first-order valence-electron chi connectivity index (χ1n) is 6.61. The molecule has 1 fully saturated rings. The topological polar surface area (TPSA) is 64.9 Å². The van der Waals surface area contributed by atoms with E-state index in [1.54, 1.807) is 11.3 Å². The fraction of sp³-hybridized carbons (Fsp3) is 0.538. The molecule has 1 saturated heterocycles. The zero-order valence-electron chi connectivity index (χ0n) is 10.9. The average molecular weight is 295 g/mol. The van der Waals surface area contributed by atoms with E-state index in [-0.39, 0.29) is 0 Å². The molecule has 1 aliphatic heterocycles. The molecule has 0 aromatic carbocycles. The van der Waals surface area contributed by atoms with Crippen molar-refractivity contribution in [3.63, 3.8) is 0 Å². The molecule has 2 N–H and O–H groups in total. The molecule has 19 heavy (non-hydrogen) atoms. The van der Waals surface area contributed by atoms with E-state index in [1.807, 2.05) is 11.8 Å². The summed E-state index contributed by atoms with van der Waals surface area (Å²) in [5.41, 5.74) is 6.91. The van der Waals surface area contributed by atoms with Gasteiger partial charge in [0.1, 0.15) is 0 Å². The first-order chi connectivity index (χ1) is 9.28. The zero-order chi connectivity index (χ0) is 13.2. The van der Waals surface area contributed by atoms with Crippen molar-refractivity contribution in [3.8, 4) is 11.5 Å². The van der Waals surface area contributed by atoms with Crippen molar-refractivity contribution in [1.82, 2.24) is 10.1 Å². The molecular weight excluding hydrogens is 278 g/mol. The SMILES string of the molecule is CCc1cc(-c2nc(C3CCCCS3)no2)c(N)s1. The van der Waals surface area contributed by atoms with Gasteiger partial charge in [0.25, 0.3) is 5.89 Å². The predicted octanol–water partition coefficient (Wildman–Crippen LogP) is 3.90. The number of anilines is 1. The molecule has 102 valence electrons. The average Bonchev–Trinajstić information content (AvgIpc) is 3.06. The van der Waals surface area contributed by atoms with Gasteiger partial charge in [0.05, 0.1) is 15.8 Å². The van der Waals surface area contributed by atoms with Gasteiger partial charge in [-0.15, -0.1) is 11.3 Å². The molecule has 3 rings (SSSR count). The van der Waals surface area contributed by atoms with Gasteiger partial charge in [0.15, 0.2) is 5.82 Å². The number of nitrogens with two attached hydrogens (primary N) is 1. The normalized spacial score (nSPS) is 19.7. The molecule has 2 aromatic heterocycles. The number of aryl methyl sites for hydroxylation is 1. The van der Waals surface area contributed by atoms with E-state index >= 15 is 0 Å². The third kappa shape index (κ3) is 2.65. The minimum absolute atomic E-state index is 0.386. The second-order valence-corrected chi connectivity index (χ2v) is 7.14. The Balaban J connectivity index is 1.85. The molecule has 0 spiro atoms. The summed E-state index contributed by atoms with van der Waals surface area (Å²) in [6.45, 7) is 2.12. The van der Waals surface area contributed by atoms with E-state index in [2.05, 4.69) is 23.1 Å². The standard InChI is InChI=1S/C13H17N3OS2/c1-2-8-7-9(11(14)19-8)13-15-12(16-17-13)10-5-3-4-6-18-10/h7,10H,2-6,14H2,1H3. The van der Waals surface area contributed by atoms with Crippen molar-refractivity contribution >= 4 is 28.1 Å². The number of hydrogen-bond acceptors (Lipinski definition) is 6. The lowest BCUT2D eigenvalue weighted by molar-refractivity contribution is 0.420. The Labute approximate surface area is 120 Å². The Hall–Kier alpha value is -1.01. The van der Waals surface area contributed by atoms with Crippen molar-refractivity contribution in [2.45, 2.75) is 37.9 Å². The highest BCUT2D eigenvalue weighted by molar-refractivity contribution is 7.99. The van der Waals surface area contributed by atoms with Gasteiger partial charge < -0.3 is 10.3 Å². The van der Waals surface area contributed by atoms with Crippen LogP contribution >= 0.6 is 23.1 Å². The van der Waals surface area contributed by atoms with Crippen LogP contribution in [0.15, 0.2) is 10.6 Å². The Morgan fingerprint density at radius 1 is 1.47 bits per heavy atom. The predicted molar refractivity (Wildman–Crippen MR) is 80.5 cm³/mol. The summed E-state index contributed by atoms with van der Waals surface area (Å²) in [4.78, 5) is 5.79. The lowest BCUT2D eigenvalue weighted by Gasteiger charge is -2.17. The van der Waals surface area contributed by atoms with Crippen LogP contribution in [0.5, 0.6) is 0 Å². The summed E-state index contributed by atoms with van der Waals surface area (Å²) in [5, 5.41) is 5.29. The van der Waals surface area contributed by atoms with E-state index in [4.69, 9.17) is 10.3 Å². The smallest absolute Gasteiger partial charge is 0.260 e. The van der Waals surface area contributed by atoms with E-state index < -0.39 is 0 Å². The molecule has 3 heterocycles. The molecule has 0 radical (unpaired) electrons. The van der Waals surface area contributed by atoms with Gasteiger partial charge in [-0.2, -0.15) is 16.7 Å². The Morgan fingerprint density at radius 2 is 2.37 bits per heavy atom. The Morgan fingerprint density at radius 3 is 3.05 bits per heavy atom. The molecule has 0 bridgehead atoms. The highest BCUT2D eigenvalue weighted by Gasteiger charge is 2.23. The minimum atomic E-state index is 0.386. The van der Waals surface area contributed by atoms with Crippen LogP contribution in [-0.2, 0) is 6.42 Å². The number of nitrogen functional groups attached to an aromatic ring is 1. The van der Waals surface area contributed by atoms with E-state index in [0.717, 1.165) is 29.2 Å². The number of rotatable bonds is 3. The summed E-state index contributed by atoms with van der Waals surface area (Å²) in [6, 6.07) is 2.06. The third-order valence-corrected chi connectivity index (χ3v) is 5.78. The van der Waals surface area contributed by atoms with E-state index in [1.165, 1.54) is 23.5 Å². The van der Waals surface area contributed by atoms with E-state index in [9.17, 15) is 0 Å². The largest absolute Gasteiger partial charge is 0.390 e. The van der Waals surface area contributed by atoms with Gasteiger partial charge in [-0.3, -0.25) is 0 Å². The molecule has 1 aliphatic rings. The molecule has 0 amide bonds. The number of nitrogens with zero attached hydrogens (tertiary/aromatic N) is 2. The van der Waals surface area contributed by atoms with E-state index in [0.29, 0.717) is 11.1 Å². The van der Waals surface area contributed by atoms with Crippen LogP contribution in [0.3, 0.4) is 0 Å². The quantitative estimate of drug-likeness (QED) is 0.930. The van der Waals surface area contributed by atoms with Crippen LogP contribution in [0.1, 0.15) is 42.1 Å². The summed E-state index contributed by atoms with van der Waals surface area (Å²) >= 11 is 3.52. The Kier molecular flexibility index (Phi) is 3.79. The summed E-state index contributed by atoms with van der Waals surface area (Å²) in [7, 11) is 0. The fourth-order valence-electron chi connectivity index (χ4n) is 2.22. The third-order valence-electron chi connectivity index (χ3n) is 3.30. The van der Waals surface area contributed by atoms with Gasteiger partial charge >= 0.3 is 0 Å². The lowest BCUT2D eigenvalue weighted by Crippen LogP contribution is -2.03. The number of thioether (sulfide) groups is 1. The van der Waals surface area contributed by atoms with Gasteiger partial charge in [0, 0.05) is 4.88 Å². The van der Waals surface area contributed by atoms with Gasteiger partial charge in [-0.05, 0) is 31.1 Å². The first kappa shape index (κ1) is 13.0. The molecule has 0 saturated carbocycles. The molecular formula is C13H17N3OS2. The maximum atomic E-state index is 6.02. The minimum Gasteiger partial charge on any atom is -0.390 e. The molecule has 4 nitrogen and oxygen atoms in total. The summed E-state index contributed by atoms with van der Waals surface area (Å²) in [6.07, 6.45) is 4.67. The van der Waals surface area contributed by atoms with Crippen molar-refractivity contribution < 1.29 is 4.52 Å². The zero-order valence-corrected chi connectivity index (χ0v) is 12.5. The summed E-state index contributed by atoms with van der Waals surface area (Å²) in [5.74, 6) is 2.58. The number of hydrogen-bond donors (Lipinski definition) is 1. The van der Waals surface area contributed by atoms with Gasteiger partial charge in [-0.1, -0.05) is 18.5 Å². The second-order valence-electron chi connectivity index (χ2n) is 4.66. The maximum absolute atomic E-state index is 6.02. The molecule has 6 heteroatoms. The van der Waals surface area contributed by atoms with Crippen LogP contribution < -0.4 is 5.73 Å². The van der Waals surface area contributed by atoms with Crippen LogP contribution in [0.4, 0.5) is 5.00 Å². The van der Waals surface area contributed by atoms with Crippen molar-refractivity contribution in [2.24, 2.45) is 0 Å². The monoisotopic (exact) mass is 295 g/mol. The van der Waals surface area contributed by atoms with Crippen molar-refractivity contribution in [3.05, 3.63) is 16.8 Å². The molecule has 2 aromatic rings. The summed E-state index contributed by atoms with van der Waals surface area (Å²) < 4.78 is 5.39. The van der Waals surface area contributed by atoms with Crippen molar-refractivity contribution in [2.75, 3.05) is 11.5 Å². The highest BCUT2D eigenvalue weighted by Crippen LogP contribution is 2.39. The van der Waals surface area contributed by atoms with Crippen molar-refractivity contribution in [1.29, 1.82) is 0 Å². The van der Waals surface area contributed by atoms with Gasteiger partial charge in [-0.25, -0.2) is 0 Å². The highest BCUT2D eigenvalue weighted by atomic mass is 32.2. The van der Waals surface area contributed by atoms with Gasteiger partial charge in [0.2, 0.25) is 0 Å². The van der Waals surface area contributed by atoms with Crippen LogP contribution in [0.25, 0.3) is 11.5 Å². The molecule has 1 atom stereocenters. The molecule has 1 unspecified atom stereocenters. The first-order valence-corrected chi connectivity index (χ1v) is 8.48. The van der Waals surface area contributed by atoms with Crippen LogP contribution in [0.2, 0.25) is 0 Å². The fourth-order valence-corrected chi connectivity index (χ4v) is 4.31. The number of thiophene rings is 1. The number of aromatic nitrogens is 2. The van der Waals surface area contributed by atoms with Crippen LogP contribution in [0, 0.1) is 0 Å². The maximum Gasteiger partial charge on any atom is 0.260 e.